The van der Waals surface area contributed by atoms with Crippen LogP contribution in [0.25, 0.3) is 0 Å². The average molecular weight is 472 g/mol. The third-order valence-corrected chi connectivity index (χ3v) is 6.93. The van der Waals surface area contributed by atoms with Crippen molar-refractivity contribution in [2.75, 3.05) is 11.9 Å². The fourth-order valence-corrected chi connectivity index (χ4v) is 4.79. The Morgan fingerprint density at radius 2 is 1.81 bits per heavy atom. The number of amides is 2. The summed E-state index contributed by atoms with van der Waals surface area (Å²) in [7, 11) is -3.75. The predicted molar refractivity (Wildman–Crippen MR) is 119 cm³/mol. The topological polar surface area (TPSA) is 118 Å². The lowest BCUT2D eigenvalue weighted by atomic mass is 10.1. The molecule has 0 fully saturated rings. The van der Waals surface area contributed by atoms with E-state index >= 15 is 0 Å². The number of nitrogens with one attached hydrogen (secondary N) is 2. The van der Waals surface area contributed by atoms with Crippen LogP contribution in [-0.4, -0.2) is 26.8 Å². The van der Waals surface area contributed by atoms with Crippen molar-refractivity contribution in [3.63, 3.8) is 0 Å². The van der Waals surface area contributed by atoms with E-state index in [-0.39, 0.29) is 16.4 Å². The molecule has 0 aromatic heterocycles. The van der Waals surface area contributed by atoms with Gasteiger partial charge in [0, 0.05) is 21.9 Å². The van der Waals surface area contributed by atoms with E-state index in [1.54, 1.807) is 42.5 Å². The van der Waals surface area contributed by atoms with Crippen LogP contribution in [0.3, 0.4) is 0 Å². The number of anilines is 1. The van der Waals surface area contributed by atoms with Gasteiger partial charge in [-0.25, -0.2) is 17.9 Å². The number of hydrogen-bond acceptors (Lipinski definition) is 5. The molecule has 4 rings (SSSR count). The van der Waals surface area contributed by atoms with E-state index in [1.165, 1.54) is 30.0 Å². The summed E-state index contributed by atoms with van der Waals surface area (Å²) in [5, 5.41) is 10.5. The van der Waals surface area contributed by atoms with Gasteiger partial charge in [0.15, 0.2) is 0 Å². The van der Waals surface area contributed by atoms with Crippen molar-refractivity contribution in [1.82, 2.24) is 5.32 Å². The summed E-state index contributed by atoms with van der Waals surface area (Å²) < 4.78 is 36.7. The van der Waals surface area contributed by atoms with Gasteiger partial charge in [0.25, 0.3) is 11.8 Å². The molecule has 0 unspecified atom stereocenters. The molecule has 0 atom stereocenters. The van der Waals surface area contributed by atoms with E-state index in [9.17, 15) is 22.4 Å². The molecule has 1 aliphatic rings. The molecule has 0 aliphatic carbocycles. The largest absolute Gasteiger partial charge is 0.352 e. The van der Waals surface area contributed by atoms with Crippen LogP contribution in [0.15, 0.2) is 75.4 Å². The highest BCUT2D eigenvalue weighted by molar-refractivity contribution is 7.99. The van der Waals surface area contributed by atoms with Crippen LogP contribution in [0.5, 0.6) is 0 Å². The summed E-state index contributed by atoms with van der Waals surface area (Å²) in [5.74, 6) is -1.50. The van der Waals surface area contributed by atoms with Crippen LogP contribution < -0.4 is 15.8 Å². The molecule has 1 heterocycles. The number of carbonyl (C=O) groups is 2. The maximum Gasteiger partial charge on any atom is 0.259 e. The summed E-state index contributed by atoms with van der Waals surface area (Å²) in [6.45, 7) is 0.322. The van der Waals surface area contributed by atoms with Crippen LogP contribution >= 0.6 is 11.8 Å². The molecule has 0 spiro atoms. The SMILES string of the molecule is NS(=O)(=O)c1ccc(CCNC(=O)c2ccc3c(c2)NC(=O)c2c(F)cccc2S3)cc1. The van der Waals surface area contributed by atoms with Gasteiger partial charge in [0.05, 0.1) is 16.1 Å². The Morgan fingerprint density at radius 3 is 2.53 bits per heavy atom. The van der Waals surface area contributed by atoms with E-state index < -0.39 is 21.7 Å². The fraction of sp³-hybridized carbons (Fsp3) is 0.0909. The minimum Gasteiger partial charge on any atom is -0.352 e. The molecular weight excluding hydrogens is 453 g/mol. The third kappa shape index (κ3) is 4.67. The monoisotopic (exact) mass is 471 g/mol. The molecule has 1 aliphatic heterocycles. The Labute approximate surface area is 188 Å². The van der Waals surface area contributed by atoms with Crippen molar-refractivity contribution in [1.29, 1.82) is 0 Å². The molecule has 10 heteroatoms. The van der Waals surface area contributed by atoms with E-state index in [0.29, 0.717) is 34.0 Å². The van der Waals surface area contributed by atoms with Crippen LogP contribution in [-0.2, 0) is 16.4 Å². The summed E-state index contributed by atoms with van der Waals surface area (Å²) >= 11 is 1.25. The number of halogens is 1. The predicted octanol–water partition coefficient (Wildman–Crippen LogP) is 3.16. The quantitative estimate of drug-likeness (QED) is 0.528. The Balaban J connectivity index is 1.43. The first-order chi connectivity index (χ1) is 15.2. The Hall–Kier alpha value is -3.21. The molecule has 0 radical (unpaired) electrons. The zero-order valence-corrected chi connectivity index (χ0v) is 18.2. The lowest BCUT2D eigenvalue weighted by molar-refractivity contribution is 0.0952. The molecule has 32 heavy (non-hydrogen) atoms. The van der Waals surface area contributed by atoms with Gasteiger partial charge in [-0.3, -0.25) is 9.59 Å². The summed E-state index contributed by atoms with van der Waals surface area (Å²) in [5.41, 5.74) is 1.60. The van der Waals surface area contributed by atoms with E-state index in [0.717, 1.165) is 5.56 Å². The van der Waals surface area contributed by atoms with Crippen molar-refractivity contribution < 1.29 is 22.4 Å². The van der Waals surface area contributed by atoms with Gasteiger partial charge in [-0.05, 0) is 54.4 Å². The molecule has 0 saturated heterocycles. The molecule has 2 amide bonds. The van der Waals surface area contributed by atoms with Crippen LogP contribution in [0.2, 0.25) is 0 Å². The van der Waals surface area contributed by atoms with Crippen molar-refractivity contribution in [2.45, 2.75) is 21.1 Å². The molecule has 4 N–H and O–H groups in total. The molecule has 0 bridgehead atoms. The zero-order valence-electron chi connectivity index (χ0n) is 16.6. The van der Waals surface area contributed by atoms with Gasteiger partial charge >= 0.3 is 0 Å². The van der Waals surface area contributed by atoms with Crippen molar-refractivity contribution in [2.24, 2.45) is 5.14 Å². The number of fused-ring (bicyclic) bond motifs is 2. The third-order valence-electron chi connectivity index (χ3n) is 4.86. The maximum absolute atomic E-state index is 14.1. The fourth-order valence-electron chi connectivity index (χ4n) is 3.24. The highest BCUT2D eigenvalue weighted by Gasteiger charge is 2.24. The van der Waals surface area contributed by atoms with Gasteiger partial charge in [0.2, 0.25) is 10.0 Å². The summed E-state index contributed by atoms with van der Waals surface area (Å²) in [4.78, 5) is 26.3. The number of carbonyl (C=O) groups excluding carboxylic acids is 2. The summed E-state index contributed by atoms with van der Waals surface area (Å²) in [6.07, 6.45) is 0.489. The normalized spacial score (nSPS) is 12.9. The number of rotatable bonds is 5. The number of primary sulfonamides is 1. The van der Waals surface area contributed by atoms with E-state index in [1.807, 2.05) is 0 Å². The van der Waals surface area contributed by atoms with Crippen molar-refractivity contribution in [3.8, 4) is 0 Å². The summed E-state index contributed by atoms with van der Waals surface area (Å²) in [6, 6.07) is 15.5. The van der Waals surface area contributed by atoms with Crippen molar-refractivity contribution >= 4 is 39.3 Å². The first kappa shape index (κ1) is 22.0. The number of hydrogen-bond donors (Lipinski definition) is 3. The highest BCUT2D eigenvalue weighted by atomic mass is 32.2. The number of benzene rings is 3. The number of sulfonamides is 1. The van der Waals surface area contributed by atoms with Crippen LogP contribution in [0.4, 0.5) is 10.1 Å². The van der Waals surface area contributed by atoms with Gasteiger partial charge in [0.1, 0.15) is 5.82 Å². The molecule has 3 aromatic carbocycles. The van der Waals surface area contributed by atoms with Crippen LogP contribution in [0, 0.1) is 5.82 Å². The Bertz CT molecular complexity index is 1330. The zero-order chi connectivity index (χ0) is 22.9. The molecule has 164 valence electrons. The minimum atomic E-state index is -3.75. The second kappa shape index (κ2) is 8.73. The molecule has 7 nitrogen and oxygen atoms in total. The van der Waals surface area contributed by atoms with Crippen LogP contribution in [0.1, 0.15) is 26.3 Å². The Kier molecular flexibility index (Phi) is 6.00. The van der Waals surface area contributed by atoms with E-state index in [4.69, 9.17) is 5.14 Å². The highest BCUT2D eigenvalue weighted by Crippen LogP contribution is 2.39. The van der Waals surface area contributed by atoms with Gasteiger partial charge in [-0.15, -0.1) is 0 Å². The average Bonchev–Trinajstić information content (AvgIpc) is 2.89. The van der Waals surface area contributed by atoms with Gasteiger partial charge in [-0.1, -0.05) is 30.0 Å². The van der Waals surface area contributed by atoms with Gasteiger partial charge < -0.3 is 10.6 Å². The minimum absolute atomic E-state index is 0.0202. The standard InChI is InChI=1S/C22H18FN3O4S2/c23-16-2-1-3-19-20(16)22(28)26-17-12-14(6-9-18(17)31-19)21(27)25-11-10-13-4-7-15(8-5-13)32(24,29)30/h1-9,12H,10-11H2,(H,25,27)(H,26,28)(H2,24,29,30). The second-order valence-corrected chi connectivity index (χ2v) is 9.72. The first-order valence-corrected chi connectivity index (χ1v) is 11.9. The first-order valence-electron chi connectivity index (χ1n) is 9.54. The lowest BCUT2D eigenvalue weighted by Gasteiger charge is -2.10. The van der Waals surface area contributed by atoms with E-state index in [2.05, 4.69) is 10.6 Å². The Morgan fingerprint density at radius 1 is 1.06 bits per heavy atom. The lowest BCUT2D eigenvalue weighted by Crippen LogP contribution is -2.26. The number of nitrogens with two attached hydrogens (primary N) is 1. The molecular formula is C22H18FN3O4S2. The second-order valence-electron chi connectivity index (χ2n) is 7.07. The molecule has 3 aromatic rings. The van der Waals surface area contributed by atoms with Crippen molar-refractivity contribution in [3.05, 3.63) is 83.2 Å². The smallest absolute Gasteiger partial charge is 0.259 e. The van der Waals surface area contributed by atoms with Gasteiger partial charge in [-0.2, -0.15) is 0 Å². The maximum atomic E-state index is 14.1. The molecule has 0 saturated carbocycles.